The molecule has 0 spiro atoms. The van der Waals surface area contributed by atoms with Gasteiger partial charge in [-0.25, -0.2) is 18.2 Å². The predicted octanol–water partition coefficient (Wildman–Crippen LogP) is 4.83. The van der Waals surface area contributed by atoms with E-state index < -0.39 is 23.8 Å². The highest BCUT2D eigenvalue weighted by Gasteiger charge is 2.17. The number of nitrogens with zero attached hydrogens (tertiary/aromatic N) is 2. The number of thioether (sulfide) groups is 1. The van der Waals surface area contributed by atoms with Crippen LogP contribution in [0.25, 0.3) is 0 Å². The van der Waals surface area contributed by atoms with E-state index in [4.69, 9.17) is 5.26 Å². The summed E-state index contributed by atoms with van der Waals surface area (Å²) in [6.07, 6.45) is -2.78. The number of hydrogen-bond acceptors (Lipinski definition) is 4. The Hall–Kier alpha value is -2.05. The van der Waals surface area contributed by atoms with Gasteiger partial charge in [-0.05, 0) is 36.8 Å². The Morgan fingerprint density at radius 2 is 2.16 bits per heavy atom. The summed E-state index contributed by atoms with van der Waals surface area (Å²) in [5, 5.41) is 11.6. The Kier molecular flexibility index (Phi) is 6.45. The van der Waals surface area contributed by atoms with E-state index in [1.807, 2.05) is 6.07 Å². The van der Waals surface area contributed by atoms with Gasteiger partial charge in [0.25, 0.3) is 6.43 Å². The molecule has 0 saturated carbocycles. The predicted molar refractivity (Wildman–Crippen MR) is 92.1 cm³/mol. The SMILES string of the molecule is Cc1cc(C(F)F)nc(SCC(=O)Nc2ccc(Br)cc2F)c1C#N. The first-order valence-corrected chi connectivity index (χ1v) is 8.67. The van der Waals surface area contributed by atoms with Gasteiger partial charge in [0.2, 0.25) is 5.91 Å². The number of alkyl halides is 2. The monoisotopic (exact) mass is 429 g/mol. The number of nitrogens with one attached hydrogen (secondary N) is 1. The Morgan fingerprint density at radius 3 is 2.76 bits per heavy atom. The van der Waals surface area contributed by atoms with E-state index in [0.717, 1.165) is 17.8 Å². The van der Waals surface area contributed by atoms with Gasteiger partial charge in [0.1, 0.15) is 22.6 Å². The molecule has 1 amide bonds. The standard InChI is InChI=1S/C16H11BrF3N3OS/c1-8-4-13(15(19)20)23-16(10(8)6-21)25-7-14(24)22-12-3-2-9(17)5-11(12)18/h2-5,15H,7H2,1H3,(H,22,24). The number of aryl methyl sites for hydroxylation is 1. The molecule has 2 aromatic rings. The van der Waals surface area contributed by atoms with Crippen LogP contribution >= 0.6 is 27.7 Å². The van der Waals surface area contributed by atoms with Gasteiger partial charge in [-0.3, -0.25) is 4.79 Å². The number of pyridine rings is 1. The summed E-state index contributed by atoms with van der Waals surface area (Å²) in [7, 11) is 0. The summed E-state index contributed by atoms with van der Waals surface area (Å²) >= 11 is 3.95. The molecule has 0 saturated heterocycles. The summed E-state index contributed by atoms with van der Waals surface area (Å²) in [6, 6.07) is 7.20. The van der Waals surface area contributed by atoms with Crippen molar-refractivity contribution in [2.75, 3.05) is 11.1 Å². The molecule has 0 aliphatic carbocycles. The van der Waals surface area contributed by atoms with Crippen LogP contribution in [0.4, 0.5) is 18.9 Å². The third-order valence-corrected chi connectivity index (χ3v) is 4.55. The third kappa shape index (κ3) is 4.96. The zero-order valence-corrected chi connectivity index (χ0v) is 15.2. The Bertz CT molecular complexity index is 855. The maximum absolute atomic E-state index is 13.7. The minimum Gasteiger partial charge on any atom is -0.323 e. The number of nitriles is 1. The van der Waals surface area contributed by atoms with E-state index in [0.29, 0.717) is 10.0 Å². The van der Waals surface area contributed by atoms with Crippen molar-refractivity contribution in [1.29, 1.82) is 5.26 Å². The number of rotatable bonds is 5. The molecule has 9 heteroatoms. The van der Waals surface area contributed by atoms with Crippen molar-refractivity contribution in [3.8, 4) is 6.07 Å². The summed E-state index contributed by atoms with van der Waals surface area (Å²) in [5.74, 6) is -1.36. The molecule has 130 valence electrons. The lowest BCUT2D eigenvalue weighted by Gasteiger charge is -2.10. The lowest BCUT2D eigenvalue weighted by molar-refractivity contribution is -0.113. The average Bonchev–Trinajstić information content (AvgIpc) is 2.55. The summed E-state index contributed by atoms with van der Waals surface area (Å²) < 4.78 is 39.9. The van der Waals surface area contributed by atoms with Gasteiger partial charge in [-0.2, -0.15) is 5.26 Å². The summed E-state index contributed by atoms with van der Waals surface area (Å²) in [6.45, 7) is 1.52. The number of halogens is 4. The number of carbonyl (C=O) groups is 1. The van der Waals surface area contributed by atoms with Crippen LogP contribution in [0.2, 0.25) is 0 Å². The number of benzene rings is 1. The first-order valence-electron chi connectivity index (χ1n) is 6.89. The first-order chi connectivity index (χ1) is 11.8. The van der Waals surface area contributed by atoms with Gasteiger partial charge < -0.3 is 5.32 Å². The minimum atomic E-state index is -2.78. The molecule has 1 N–H and O–H groups in total. The van der Waals surface area contributed by atoms with E-state index in [-0.39, 0.29) is 22.0 Å². The first kappa shape index (κ1) is 19.3. The van der Waals surface area contributed by atoms with Gasteiger partial charge >= 0.3 is 0 Å². The molecule has 0 bridgehead atoms. The van der Waals surface area contributed by atoms with Crippen LogP contribution in [0.15, 0.2) is 33.8 Å². The van der Waals surface area contributed by atoms with Crippen molar-refractivity contribution >= 4 is 39.3 Å². The Morgan fingerprint density at radius 1 is 1.44 bits per heavy atom. The van der Waals surface area contributed by atoms with Crippen molar-refractivity contribution < 1.29 is 18.0 Å². The van der Waals surface area contributed by atoms with E-state index in [9.17, 15) is 18.0 Å². The van der Waals surface area contributed by atoms with Crippen LogP contribution in [0.5, 0.6) is 0 Å². The third-order valence-electron chi connectivity index (χ3n) is 3.08. The van der Waals surface area contributed by atoms with Crippen LogP contribution in [-0.4, -0.2) is 16.6 Å². The number of anilines is 1. The topological polar surface area (TPSA) is 65.8 Å². The summed E-state index contributed by atoms with van der Waals surface area (Å²) in [4.78, 5) is 15.7. The van der Waals surface area contributed by atoms with E-state index in [1.54, 1.807) is 6.07 Å². The zero-order valence-electron chi connectivity index (χ0n) is 12.8. The van der Waals surface area contributed by atoms with Gasteiger partial charge in [0, 0.05) is 4.47 Å². The second-order valence-electron chi connectivity index (χ2n) is 4.92. The van der Waals surface area contributed by atoms with Gasteiger partial charge in [0.15, 0.2) is 0 Å². The minimum absolute atomic E-state index is 0.000206. The lowest BCUT2D eigenvalue weighted by Crippen LogP contribution is -2.15. The lowest BCUT2D eigenvalue weighted by atomic mass is 10.1. The Balaban J connectivity index is 2.12. The van der Waals surface area contributed by atoms with Crippen LogP contribution < -0.4 is 5.32 Å². The number of hydrogen-bond donors (Lipinski definition) is 1. The molecule has 0 atom stereocenters. The van der Waals surface area contributed by atoms with Crippen molar-refractivity contribution in [1.82, 2.24) is 4.98 Å². The maximum atomic E-state index is 13.7. The fourth-order valence-corrected chi connectivity index (χ4v) is 3.13. The van der Waals surface area contributed by atoms with Crippen molar-refractivity contribution in [2.24, 2.45) is 0 Å². The molecule has 1 aromatic carbocycles. The van der Waals surface area contributed by atoms with E-state index in [1.165, 1.54) is 19.1 Å². The molecule has 0 aliphatic rings. The van der Waals surface area contributed by atoms with Crippen molar-refractivity contribution in [3.63, 3.8) is 0 Å². The quantitative estimate of drug-likeness (QED) is 0.691. The fraction of sp³-hybridized carbons (Fsp3) is 0.188. The van der Waals surface area contributed by atoms with Crippen molar-refractivity contribution in [3.05, 3.63) is 51.4 Å². The zero-order chi connectivity index (χ0) is 18.6. The molecule has 0 radical (unpaired) electrons. The fourth-order valence-electron chi connectivity index (χ4n) is 1.93. The van der Waals surface area contributed by atoms with Crippen LogP contribution in [0.3, 0.4) is 0 Å². The van der Waals surface area contributed by atoms with Crippen molar-refractivity contribution in [2.45, 2.75) is 18.4 Å². The van der Waals surface area contributed by atoms with E-state index in [2.05, 4.69) is 26.2 Å². The molecular weight excluding hydrogens is 419 g/mol. The normalized spacial score (nSPS) is 10.6. The number of amides is 1. The van der Waals surface area contributed by atoms with E-state index >= 15 is 0 Å². The average molecular weight is 430 g/mol. The highest BCUT2D eigenvalue weighted by molar-refractivity contribution is 9.10. The highest BCUT2D eigenvalue weighted by atomic mass is 79.9. The number of aromatic nitrogens is 1. The Labute approximate surface area is 154 Å². The van der Waals surface area contributed by atoms with Crippen LogP contribution in [0.1, 0.15) is 23.2 Å². The van der Waals surface area contributed by atoms with Crippen LogP contribution in [0, 0.1) is 24.1 Å². The van der Waals surface area contributed by atoms with Gasteiger partial charge in [-0.1, -0.05) is 27.7 Å². The molecule has 0 fully saturated rings. The molecule has 1 aromatic heterocycles. The molecule has 0 unspecified atom stereocenters. The second kappa shape index (κ2) is 8.36. The smallest absolute Gasteiger partial charge is 0.280 e. The highest BCUT2D eigenvalue weighted by Crippen LogP contribution is 2.28. The maximum Gasteiger partial charge on any atom is 0.280 e. The molecular formula is C16H11BrF3N3OS. The number of carbonyl (C=O) groups excluding carboxylic acids is 1. The second-order valence-corrected chi connectivity index (χ2v) is 6.80. The molecule has 4 nitrogen and oxygen atoms in total. The largest absolute Gasteiger partial charge is 0.323 e. The van der Waals surface area contributed by atoms with Gasteiger partial charge in [0.05, 0.1) is 17.0 Å². The molecule has 1 heterocycles. The molecule has 0 aliphatic heterocycles. The van der Waals surface area contributed by atoms with Gasteiger partial charge in [-0.15, -0.1) is 0 Å². The molecule has 25 heavy (non-hydrogen) atoms. The molecule has 2 rings (SSSR count). The summed E-state index contributed by atoms with van der Waals surface area (Å²) in [5.41, 5.74) is 0.0322. The van der Waals surface area contributed by atoms with Crippen LogP contribution in [-0.2, 0) is 4.79 Å².